The summed E-state index contributed by atoms with van der Waals surface area (Å²) in [5.74, 6) is 1.92. The zero-order valence-electron chi connectivity index (χ0n) is 16.2. The first-order chi connectivity index (χ1) is 13.1. The molecule has 1 aromatic carbocycles. The molecule has 0 radical (unpaired) electrons. The third kappa shape index (κ3) is 4.87. The largest absolute Gasteiger partial charge is 0.497 e. The number of methoxy groups -OCH3 is 1. The smallest absolute Gasteiger partial charge is 0.270 e. The number of amides is 1. The number of hydrogen-bond donors (Lipinski definition) is 1. The van der Waals surface area contributed by atoms with Crippen LogP contribution in [0.15, 0.2) is 36.7 Å². The summed E-state index contributed by atoms with van der Waals surface area (Å²) in [5, 5.41) is 2.90. The average Bonchev–Trinajstić information content (AvgIpc) is 2.72. The van der Waals surface area contributed by atoms with Gasteiger partial charge in [-0.15, -0.1) is 0 Å². The van der Waals surface area contributed by atoms with Gasteiger partial charge in [0.05, 0.1) is 7.11 Å². The molecule has 144 valence electrons. The summed E-state index contributed by atoms with van der Waals surface area (Å²) in [6, 6.07) is 9.90. The van der Waals surface area contributed by atoms with Crippen molar-refractivity contribution in [3.63, 3.8) is 0 Å². The molecule has 0 bridgehead atoms. The Kier molecular flexibility index (Phi) is 6.11. The maximum absolute atomic E-state index is 12.2. The van der Waals surface area contributed by atoms with Crippen LogP contribution in [0.3, 0.4) is 0 Å². The zero-order valence-corrected chi connectivity index (χ0v) is 16.2. The van der Waals surface area contributed by atoms with Crippen LogP contribution in [0.4, 0.5) is 11.5 Å². The van der Waals surface area contributed by atoms with E-state index in [1.54, 1.807) is 13.2 Å². The Bertz CT molecular complexity index is 755. The highest BCUT2D eigenvalue weighted by Gasteiger charge is 2.20. The predicted octanol–water partition coefficient (Wildman–Crippen LogP) is 2.20. The highest BCUT2D eigenvalue weighted by atomic mass is 16.5. The van der Waals surface area contributed by atoms with Crippen molar-refractivity contribution in [2.24, 2.45) is 5.92 Å². The van der Waals surface area contributed by atoms with E-state index in [4.69, 9.17) is 4.74 Å². The second-order valence-corrected chi connectivity index (χ2v) is 7.04. The van der Waals surface area contributed by atoms with E-state index in [1.807, 2.05) is 12.1 Å². The molecular formula is C20H27N5O2. The summed E-state index contributed by atoms with van der Waals surface area (Å²) in [5.41, 5.74) is 1.60. The van der Waals surface area contributed by atoms with Gasteiger partial charge in [0.1, 0.15) is 23.6 Å². The average molecular weight is 369 g/mol. The third-order valence-electron chi connectivity index (χ3n) is 4.60. The molecule has 3 rings (SSSR count). The molecule has 1 saturated heterocycles. The van der Waals surface area contributed by atoms with E-state index < -0.39 is 0 Å². The summed E-state index contributed by atoms with van der Waals surface area (Å²) in [4.78, 5) is 25.3. The lowest BCUT2D eigenvalue weighted by molar-refractivity contribution is 0.0944. The van der Waals surface area contributed by atoms with Gasteiger partial charge in [0.2, 0.25) is 0 Å². The Morgan fingerprint density at radius 1 is 1.11 bits per heavy atom. The molecule has 0 unspecified atom stereocenters. The molecule has 1 aromatic heterocycles. The summed E-state index contributed by atoms with van der Waals surface area (Å²) in [6.45, 7) is 8.24. The van der Waals surface area contributed by atoms with Crippen molar-refractivity contribution in [1.29, 1.82) is 0 Å². The van der Waals surface area contributed by atoms with E-state index in [2.05, 4.69) is 51.1 Å². The lowest BCUT2D eigenvalue weighted by Crippen LogP contribution is -2.47. The predicted molar refractivity (Wildman–Crippen MR) is 107 cm³/mol. The van der Waals surface area contributed by atoms with Gasteiger partial charge < -0.3 is 19.9 Å². The van der Waals surface area contributed by atoms with E-state index in [-0.39, 0.29) is 5.91 Å². The van der Waals surface area contributed by atoms with Gasteiger partial charge >= 0.3 is 0 Å². The van der Waals surface area contributed by atoms with E-state index >= 15 is 0 Å². The Labute approximate surface area is 160 Å². The standard InChI is InChI=1S/C20H27N5O2/c1-15(2)13-21-20(26)18-12-19(23-14-22-18)25-10-8-24(9-11-25)16-4-6-17(27-3)7-5-16/h4-7,12,14-15H,8-11,13H2,1-3H3,(H,21,26). The molecule has 0 saturated carbocycles. The molecule has 2 heterocycles. The number of nitrogens with zero attached hydrogens (tertiary/aromatic N) is 4. The fourth-order valence-electron chi connectivity index (χ4n) is 3.02. The molecule has 27 heavy (non-hydrogen) atoms. The number of ether oxygens (including phenoxy) is 1. The van der Waals surface area contributed by atoms with Crippen LogP contribution in [0.5, 0.6) is 5.75 Å². The second kappa shape index (κ2) is 8.70. The van der Waals surface area contributed by atoms with Crippen LogP contribution in [0.1, 0.15) is 24.3 Å². The summed E-state index contributed by atoms with van der Waals surface area (Å²) in [6.07, 6.45) is 1.47. The van der Waals surface area contributed by atoms with Gasteiger partial charge in [-0.05, 0) is 30.2 Å². The Hall–Kier alpha value is -2.83. The molecule has 0 spiro atoms. The SMILES string of the molecule is COc1ccc(N2CCN(c3cc(C(=O)NCC(C)C)ncn3)CC2)cc1. The van der Waals surface area contributed by atoms with Gasteiger partial charge in [0, 0.05) is 44.5 Å². The number of hydrogen-bond acceptors (Lipinski definition) is 6. The van der Waals surface area contributed by atoms with Gasteiger partial charge in [-0.1, -0.05) is 13.8 Å². The van der Waals surface area contributed by atoms with Gasteiger partial charge in [-0.25, -0.2) is 9.97 Å². The molecule has 7 heteroatoms. The number of benzene rings is 1. The minimum atomic E-state index is -0.149. The zero-order chi connectivity index (χ0) is 19.2. The number of carbonyl (C=O) groups excluding carboxylic acids is 1. The quantitative estimate of drug-likeness (QED) is 0.842. The maximum atomic E-state index is 12.2. The van der Waals surface area contributed by atoms with Crippen molar-refractivity contribution in [1.82, 2.24) is 15.3 Å². The molecule has 0 atom stereocenters. The van der Waals surface area contributed by atoms with Crippen LogP contribution in [-0.4, -0.2) is 55.7 Å². The maximum Gasteiger partial charge on any atom is 0.270 e. The van der Waals surface area contributed by atoms with Crippen LogP contribution in [0.25, 0.3) is 0 Å². The molecule has 2 aromatic rings. The number of carbonyl (C=O) groups is 1. The molecule has 0 aliphatic carbocycles. The monoisotopic (exact) mass is 369 g/mol. The summed E-state index contributed by atoms with van der Waals surface area (Å²) < 4.78 is 5.22. The van der Waals surface area contributed by atoms with Crippen molar-refractivity contribution in [2.45, 2.75) is 13.8 Å². The summed E-state index contributed by atoms with van der Waals surface area (Å²) in [7, 11) is 1.67. The van der Waals surface area contributed by atoms with Crippen molar-refractivity contribution >= 4 is 17.4 Å². The molecule has 1 aliphatic rings. The van der Waals surface area contributed by atoms with Gasteiger partial charge in [0.25, 0.3) is 5.91 Å². The van der Waals surface area contributed by atoms with Crippen molar-refractivity contribution in [3.8, 4) is 5.75 Å². The Morgan fingerprint density at radius 3 is 2.41 bits per heavy atom. The van der Waals surface area contributed by atoms with Crippen LogP contribution in [-0.2, 0) is 0 Å². The molecule has 1 amide bonds. The number of rotatable bonds is 6. The van der Waals surface area contributed by atoms with Crippen molar-refractivity contribution in [2.75, 3.05) is 49.6 Å². The first-order valence-electron chi connectivity index (χ1n) is 9.31. The minimum Gasteiger partial charge on any atom is -0.497 e. The van der Waals surface area contributed by atoms with Crippen LogP contribution >= 0.6 is 0 Å². The fraction of sp³-hybridized carbons (Fsp3) is 0.450. The normalized spacial score (nSPS) is 14.4. The van der Waals surface area contributed by atoms with Gasteiger partial charge in [-0.2, -0.15) is 0 Å². The highest BCUT2D eigenvalue weighted by molar-refractivity contribution is 5.92. The third-order valence-corrected chi connectivity index (χ3v) is 4.60. The van der Waals surface area contributed by atoms with E-state index in [9.17, 15) is 4.79 Å². The molecular weight excluding hydrogens is 342 g/mol. The van der Waals surface area contributed by atoms with Gasteiger partial charge in [0.15, 0.2) is 0 Å². The number of nitrogens with one attached hydrogen (secondary N) is 1. The first kappa shape index (κ1) is 18.9. The van der Waals surface area contributed by atoms with Crippen LogP contribution < -0.4 is 19.9 Å². The first-order valence-corrected chi connectivity index (χ1v) is 9.31. The van der Waals surface area contributed by atoms with Crippen molar-refractivity contribution in [3.05, 3.63) is 42.4 Å². The fourth-order valence-corrected chi connectivity index (χ4v) is 3.02. The second-order valence-electron chi connectivity index (χ2n) is 7.04. The number of piperazine rings is 1. The number of aromatic nitrogens is 2. The summed E-state index contributed by atoms with van der Waals surface area (Å²) >= 11 is 0. The van der Waals surface area contributed by atoms with Crippen LogP contribution in [0, 0.1) is 5.92 Å². The van der Waals surface area contributed by atoms with E-state index in [0.717, 1.165) is 37.7 Å². The van der Waals surface area contributed by atoms with E-state index in [0.29, 0.717) is 18.2 Å². The topological polar surface area (TPSA) is 70.6 Å². The minimum absolute atomic E-state index is 0.149. The van der Waals surface area contributed by atoms with Gasteiger partial charge in [-0.3, -0.25) is 4.79 Å². The highest BCUT2D eigenvalue weighted by Crippen LogP contribution is 2.22. The Morgan fingerprint density at radius 2 is 1.78 bits per heavy atom. The molecule has 7 nitrogen and oxygen atoms in total. The van der Waals surface area contributed by atoms with E-state index in [1.165, 1.54) is 12.0 Å². The van der Waals surface area contributed by atoms with Crippen molar-refractivity contribution < 1.29 is 9.53 Å². The number of anilines is 2. The molecule has 1 N–H and O–H groups in total. The lowest BCUT2D eigenvalue weighted by atomic mass is 10.2. The molecule has 1 aliphatic heterocycles. The van der Waals surface area contributed by atoms with Crippen LogP contribution in [0.2, 0.25) is 0 Å². The molecule has 1 fully saturated rings. The lowest BCUT2D eigenvalue weighted by Gasteiger charge is -2.36. The Balaban J connectivity index is 1.60.